The van der Waals surface area contributed by atoms with Gasteiger partial charge in [-0.1, -0.05) is 13.3 Å². The number of piperazine rings is 1. The van der Waals surface area contributed by atoms with Crippen LogP contribution < -0.4 is 10.3 Å². The molecule has 0 radical (unpaired) electrons. The van der Waals surface area contributed by atoms with Crippen molar-refractivity contribution in [3.63, 3.8) is 0 Å². The van der Waals surface area contributed by atoms with Crippen LogP contribution in [0.25, 0.3) is 22.4 Å². The molecule has 0 unspecified atom stereocenters. The van der Waals surface area contributed by atoms with Crippen LogP contribution in [0, 0.1) is 0 Å². The number of H-pyrrole nitrogens is 1. The largest absolute Gasteiger partial charge is 0.748 e. The van der Waals surface area contributed by atoms with Crippen LogP contribution in [0.3, 0.4) is 0 Å². The topological polar surface area (TPSA) is 194 Å². The first kappa shape index (κ1) is 34.1. The Hall–Kier alpha value is -3.38. The summed E-state index contributed by atoms with van der Waals surface area (Å²) in [6.45, 7) is 7.32. The van der Waals surface area contributed by atoms with Crippen LogP contribution in [0.1, 0.15) is 32.9 Å². The maximum Gasteiger partial charge on any atom is 0.306 e. The quantitative estimate of drug-likeness (QED) is 0.197. The lowest BCUT2D eigenvalue weighted by molar-refractivity contribution is -0.928. The number of benzene rings is 1. The number of fused-ring (bicyclic) bond motifs is 1. The smallest absolute Gasteiger partial charge is 0.306 e. The minimum absolute atomic E-state index is 0.0785. The van der Waals surface area contributed by atoms with Gasteiger partial charge in [0.2, 0.25) is 16.8 Å². The van der Waals surface area contributed by atoms with Crippen LogP contribution in [0.2, 0.25) is 0 Å². The molecular weight excluding hydrogens is 604 g/mol. The number of aryl methyl sites for hydroxylation is 2. The second-order valence-electron chi connectivity index (χ2n) is 10.5. The molecule has 15 nitrogen and oxygen atoms in total. The maximum atomic E-state index is 13.6. The van der Waals surface area contributed by atoms with Crippen LogP contribution in [0.15, 0.2) is 27.9 Å². The van der Waals surface area contributed by atoms with E-state index in [1.807, 2.05) is 20.9 Å². The molecule has 4 rings (SSSR count). The number of hydrogen-bond acceptors (Lipinski definition) is 11. The summed E-state index contributed by atoms with van der Waals surface area (Å²) in [5.41, 5.74) is 1.62. The van der Waals surface area contributed by atoms with Crippen LogP contribution in [0.5, 0.6) is 5.75 Å². The zero-order valence-corrected chi connectivity index (χ0v) is 26.7. The van der Waals surface area contributed by atoms with Gasteiger partial charge >= 0.3 is 5.97 Å². The Morgan fingerprint density at radius 3 is 2.35 bits per heavy atom. The molecule has 3 heterocycles. The summed E-state index contributed by atoms with van der Waals surface area (Å²) in [6.07, 6.45) is 2.12. The summed E-state index contributed by atoms with van der Waals surface area (Å²) in [7, 11) is -4.13. The highest BCUT2D eigenvalue weighted by Gasteiger charge is 2.36. The molecule has 1 aliphatic rings. The van der Waals surface area contributed by atoms with Gasteiger partial charge in [0, 0.05) is 20.2 Å². The molecule has 2 aromatic heterocycles. The first-order valence-electron chi connectivity index (χ1n) is 13.6. The van der Waals surface area contributed by atoms with Crippen molar-refractivity contribution in [2.24, 2.45) is 7.05 Å². The van der Waals surface area contributed by atoms with Gasteiger partial charge in [0.15, 0.2) is 5.52 Å². The summed E-state index contributed by atoms with van der Waals surface area (Å²) in [5.74, 6) is 0.274. The number of nitrogens with zero attached hydrogens (tertiary/aromatic N) is 5. The number of aromatic nitrogens is 4. The molecule has 1 fully saturated rings. The van der Waals surface area contributed by atoms with Gasteiger partial charge in [0.1, 0.15) is 11.6 Å². The van der Waals surface area contributed by atoms with Gasteiger partial charge in [-0.25, -0.2) is 16.8 Å². The Balaban J connectivity index is 0.000000934. The fourth-order valence-electron chi connectivity index (χ4n) is 4.63. The number of carbonyl (C=O) groups excluding carboxylic acids is 1. The second kappa shape index (κ2) is 13.5. The number of nitrogens with one attached hydrogen (secondary N) is 1. The third kappa shape index (κ3) is 8.60. The van der Waals surface area contributed by atoms with Crippen molar-refractivity contribution in [1.29, 1.82) is 0 Å². The second-order valence-corrected chi connectivity index (χ2v) is 13.8. The number of aromatic amines is 1. The molecule has 238 valence electrons. The third-order valence-corrected chi connectivity index (χ3v) is 8.66. The maximum absolute atomic E-state index is 13.6. The molecule has 0 aliphatic carbocycles. The fourth-order valence-corrected chi connectivity index (χ4v) is 6.08. The van der Waals surface area contributed by atoms with Crippen LogP contribution in [0.4, 0.5) is 0 Å². The van der Waals surface area contributed by atoms with Crippen molar-refractivity contribution in [3.8, 4) is 17.1 Å². The monoisotopic (exact) mass is 642 g/mol. The van der Waals surface area contributed by atoms with Crippen molar-refractivity contribution in [3.05, 3.63) is 34.2 Å². The Kier molecular flexibility index (Phi) is 10.7. The van der Waals surface area contributed by atoms with Crippen molar-refractivity contribution < 1.29 is 40.1 Å². The van der Waals surface area contributed by atoms with Gasteiger partial charge in [-0.05, 0) is 31.5 Å². The lowest BCUT2D eigenvalue weighted by Crippen LogP contribution is -2.59. The minimum Gasteiger partial charge on any atom is -0.748 e. The van der Waals surface area contributed by atoms with Gasteiger partial charge in [0.05, 0.1) is 71.6 Å². The molecule has 43 heavy (non-hydrogen) atoms. The zero-order chi connectivity index (χ0) is 32.2. The summed E-state index contributed by atoms with van der Waals surface area (Å²) < 4.78 is 68.8. The summed E-state index contributed by atoms with van der Waals surface area (Å²) in [6, 6.07) is 4.60. The average molecular weight is 643 g/mol. The SMILES string of the molecule is CCCc1nn(C)c2c(=O)nc(-c3cc(S(=O)(=O)N4CC[N+](C)(COC(C)=O)CC4)ccc3OCC)[nH]c12.CS(=O)(=O)[O-]. The molecule has 1 aliphatic heterocycles. The number of quaternary nitrogens is 1. The van der Waals surface area contributed by atoms with E-state index in [1.165, 1.54) is 28.0 Å². The first-order valence-corrected chi connectivity index (χ1v) is 16.9. The highest BCUT2D eigenvalue weighted by molar-refractivity contribution is 7.89. The summed E-state index contributed by atoms with van der Waals surface area (Å²) in [4.78, 5) is 31.7. The molecule has 0 saturated carbocycles. The number of esters is 1. The molecule has 0 amide bonds. The summed E-state index contributed by atoms with van der Waals surface area (Å²) >= 11 is 0. The van der Waals surface area contributed by atoms with E-state index >= 15 is 0 Å². The molecule has 0 spiro atoms. The van der Waals surface area contributed by atoms with E-state index in [1.54, 1.807) is 13.1 Å². The fraction of sp³-hybridized carbons (Fsp3) is 0.538. The number of likely N-dealkylation sites (N-methyl/N-ethyl adjacent to an activating group) is 1. The van der Waals surface area contributed by atoms with Crippen molar-refractivity contribution >= 4 is 37.1 Å². The van der Waals surface area contributed by atoms with Gasteiger partial charge in [-0.15, -0.1) is 0 Å². The average Bonchev–Trinajstić information content (AvgIpc) is 3.22. The Morgan fingerprint density at radius 1 is 1.16 bits per heavy atom. The highest BCUT2D eigenvalue weighted by Crippen LogP contribution is 2.32. The summed E-state index contributed by atoms with van der Waals surface area (Å²) in [5, 5.41) is 4.47. The van der Waals surface area contributed by atoms with Crippen molar-refractivity contribution in [2.75, 3.05) is 52.8 Å². The number of carbonyl (C=O) groups is 1. The first-order chi connectivity index (χ1) is 20.0. The molecule has 17 heteroatoms. The number of ether oxygens (including phenoxy) is 2. The molecule has 0 atom stereocenters. The van der Waals surface area contributed by atoms with Gasteiger partial charge in [0.25, 0.3) is 5.56 Å². The number of sulfonamides is 1. The molecule has 1 aromatic carbocycles. The van der Waals surface area contributed by atoms with Crippen LogP contribution in [-0.2, 0) is 43.1 Å². The van der Waals surface area contributed by atoms with E-state index in [9.17, 15) is 18.0 Å². The van der Waals surface area contributed by atoms with Gasteiger partial charge in [-0.2, -0.15) is 14.4 Å². The van der Waals surface area contributed by atoms with E-state index in [4.69, 9.17) is 22.4 Å². The Bertz CT molecular complexity index is 1730. The molecule has 0 bridgehead atoms. The van der Waals surface area contributed by atoms with E-state index < -0.39 is 25.7 Å². The standard InChI is InChI=1S/C25H34N6O6S.CH4O3S/c1-6-8-20-22-23(29(4)28-20)25(33)27-24(26-22)19-15-18(9-10-21(19)36-7-2)38(34,35)30-11-13-31(5,14-12-30)16-37-17(3)32;1-5(2,3)4/h9-10,15H,6-8,11-14,16H2,1-5H3;1H3,(H,2,3,4). The van der Waals surface area contributed by atoms with E-state index in [0.29, 0.717) is 59.2 Å². The molecular formula is C26H38N6O9S2. The van der Waals surface area contributed by atoms with E-state index in [2.05, 4.69) is 15.1 Å². The molecule has 1 N–H and O–H groups in total. The highest BCUT2D eigenvalue weighted by atomic mass is 32.2. The third-order valence-electron chi connectivity index (χ3n) is 6.77. The lowest BCUT2D eigenvalue weighted by atomic mass is 10.1. The van der Waals surface area contributed by atoms with E-state index in [-0.39, 0.29) is 36.5 Å². The Labute approximate surface area is 250 Å². The van der Waals surface area contributed by atoms with E-state index in [0.717, 1.165) is 12.1 Å². The van der Waals surface area contributed by atoms with Gasteiger partial charge in [-0.3, -0.25) is 18.8 Å². The van der Waals surface area contributed by atoms with Crippen molar-refractivity contribution in [1.82, 2.24) is 24.1 Å². The normalized spacial score (nSPS) is 15.5. The predicted octanol–water partition coefficient (Wildman–Crippen LogP) is 0.808. The molecule has 1 saturated heterocycles. The van der Waals surface area contributed by atoms with Crippen LogP contribution >= 0.6 is 0 Å². The lowest BCUT2D eigenvalue weighted by Gasteiger charge is -2.40. The zero-order valence-electron chi connectivity index (χ0n) is 25.1. The minimum atomic E-state index is -3.92. The number of hydrogen-bond donors (Lipinski definition) is 1. The number of rotatable bonds is 9. The van der Waals surface area contributed by atoms with Gasteiger partial charge < -0.3 is 19.0 Å². The predicted molar refractivity (Wildman–Crippen MR) is 157 cm³/mol. The Morgan fingerprint density at radius 2 is 1.79 bits per heavy atom. The molecule has 3 aromatic rings. The van der Waals surface area contributed by atoms with Crippen LogP contribution in [-0.4, -0.2) is 109 Å². The van der Waals surface area contributed by atoms with Crippen molar-refractivity contribution in [2.45, 2.75) is 38.5 Å².